The van der Waals surface area contributed by atoms with Crippen LogP contribution in [0, 0.1) is 0 Å². The molecule has 2 aromatic rings. The van der Waals surface area contributed by atoms with E-state index in [1.807, 2.05) is 49.5 Å². The third-order valence-electron chi connectivity index (χ3n) is 5.01. The summed E-state index contributed by atoms with van der Waals surface area (Å²) < 4.78 is 11.6. The van der Waals surface area contributed by atoms with Crippen molar-refractivity contribution < 1.29 is 19.4 Å². The SMILES string of the molecule is COc1ccc(C2(CCCN(C)CC(=O)O)OCc3ccc(Cl)cc32)cc1. The van der Waals surface area contributed by atoms with Crippen molar-refractivity contribution in [2.75, 3.05) is 27.2 Å². The van der Waals surface area contributed by atoms with Gasteiger partial charge in [0.05, 0.1) is 20.3 Å². The Balaban J connectivity index is 1.89. The smallest absolute Gasteiger partial charge is 0.317 e. The molecular formula is C21H24ClNO4. The Morgan fingerprint density at radius 2 is 2.04 bits per heavy atom. The summed E-state index contributed by atoms with van der Waals surface area (Å²) in [6, 6.07) is 13.8. The van der Waals surface area contributed by atoms with E-state index in [2.05, 4.69) is 0 Å². The molecule has 6 heteroatoms. The first-order valence-corrected chi connectivity index (χ1v) is 9.30. The van der Waals surface area contributed by atoms with Gasteiger partial charge in [0.1, 0.15) is 11.4 Å². The van der Waals surface area contributed by atoms with Gasteiger partial charge in [-0.3, -0.25) is 9.69 Å². The molecule has 1 N–H and O–H groups in total. The molecule has 1 aliphatic heterocycles. The molecule has 0 saturated heterocycles. The molecule has 1 heterocycles. The van der Waals surface area contributed by atoms with Gasteiger partial charge in [0.25, 0.3) is 0 Å². The van der Waals surface area contributed by atoms with Gasteiger partial charge in [-0.25, -0.2) is 0 Å². The van der Waals surface area contributed by atoms with Gasteiger partial charge < -0.3 is 14.6 Å². The number of hydrogen-bond donors (Lipinski definition) is 1. The highest BCUT2D eigenvalue weighted by Crippen LogP contribution is 2.46. The molecular weight excluding hydrogens is 366 g/mol. The van der Waals surface area contributed by atoms with Gasteiger partial charge >= 0.3 is 5.97 Å². The summed E-state index contributed by atoms with van der Waals surface area (Å²) in [4.78, 5) is 12.7. The van der Waals surface area contributed by atoms with Gasteiger partial charge in [0.2, 0.25) is 0 Å². The molecule has 144 valence electrons. The average Bonchev–Trinajstić information content (AvgIpc) is 3.00. The Labute approximate surface area is 164 Å². The van der Waals surface area contributed by atoms with Crippen LogP contribution in [0.15, 0.2) is 42.5 Å². The predicted molar refractivity (Wildman–Crippen MR) is 104 cm³/mol. The zero-order valence-corrected chi connectivity index (χ0v) is 16.3. The molecule has 27 heavy (non-hydrogen) atoms. The molecule has 0 fully saturated rings. The number of rotatable bonds is 8. The largest absolute Gasteiger partial charge is 0.497 e. The average molecular weight is 390 g/mol. The van der Waals surface area contributed by atoms with E-state index in [1.165, 1.54) is 0 Å². The third kappa shape index (κ3) is 4.26. The van der Waals surface area contributed by atoms with Crippen molar-refractivity contribution in [2.24, 2.45) is 0 Å². The number of likely N-dealkylation sites (N-methyl/N-ethyl adjacent to an activating group) is 1. The van der Waals surface area contributed by atoms with Crippen molar-refractivity contribution in [2.45, 2.75) is 25.0 Å². The fourth-order valence-electron chi connectivity index (χ4n) is 3.69. The Morgan fingerprint density at radius 1 is 1.30 bits per heavy atom. The van der Waals surface area contributed by atoms with Crippen LogP contribution in [-0.4, -0.2) is 43.2 Å². The molecule has 1 aliphatic rings. The van der Waals surface area contributed by atoms with E-state index in [-0.39, 0.29) is 6.54 Å². The van der Waals surface area contributed by atoms with Gasteiger partial charge in [-0.15, -0.1) is 0 Å². The number of carboxylic acid groups (broad SMARTS) is 1. The zero-order chi connectivity index (χ0) is 19.4. The lowest BCUT2D eigenvalue weighted by atomic mass is 9.82. The number of aliphatic carboxylic acids is 1. The topological polar surface area (TPSA) is 59.0 Å². The van der Waals surface area contributed by atoms with Gasteiger partial charge in [-0.2, -0.15) is 0 Å². The summed E-state index contributed by atoms with van der Waals surface area (Å²) in [5.74, 6) is -0.0315. The number of benzene rings is 2. The number of carbonyl (C=O) groups is 1. The van der Waals surface area contributed by atoms with Crippen LogP contribution in [0.25, 0.3) is 0 Å². The highest BCUT2D eigenvalue weighted by Gasteiger charge is 2.41. The number of ether oxygens (including phenoxy) is 2. The molecule has 0 bridgehead atoms. The van der Waals surface area contributed by atoms with E-state index in [0.29, 0.717) is 18.2 Å². The first-order chi connectivity index (χ1) is 12.9. The van der Waals surface area contributed by atoms with Crippen molar-refractivity contribution >= 4 is 17.6 Å². The van der Waals surface area contributed by atoms with E-state index in [4.69, 9.17) is 26.2 Å². The maximum absolute atomic E-state index is 10.9. The summed E-state index contributed by atoms with van der Waals surface area (Å²) >= 11 is 6.28. The number of fused-ring (bicyclic) bond motifs is 1. The molecule has 0 aromatic heterocycles. The summed E-state index contributed by atoms with van der Waals surface area (Å²) in [7, 11) is 3.46. The molecule has 0 aliphatic carbocycles. The quantitative estimate of drug-likeness (QED) is 0.741. The first-order valence-electron chi connectivity index (χ1n) is 8.92. The number of nitrogens with zero attached hydrogens (tertiary/aromatic N) is 1. The number of halogens is 1. The molecule has 1 unspecified atom stereocenters. The molecule has 0 saturated carbocycles. The fraction of sp³-hybridized carbons (Fsp3) is 0.381. The van der Waals surface area contributed by atoms with Gasteiger partial charge in [0.15, 0.2) is 0 Å². The van der Waals surface area contributed by atoms with Crippen LogP contribution in [0.2, 0.25) is 5.02 Å². The standard InChI is InChI=1S/C21H24ClNO4/c1-23(13-20(24)25)11-3-10-21(16-5-8-18(26-2)9-6-16)19-12-17(22)7-4-15(19)14-27-21/h4-9,12H,3,10-11,13-14H2,1-2H3,(H,24,25). The highest BCUT2D eigenvalue weighted by molar-refractivity contribution is 6.30. The molecule has 0 spiro atoms. The van der Waals surface area contributed by atoms with E-state index < -0.39 is 11.6 Å². The van der Waals surface area contributed by atoms with E-state index in [0.717, 1.165) is 35.3 Å². The van der Waals surface area contributed by atoms with Crippen molar-refractivity contribution in [3.8, 4) is 5.75 Å². The second-order valence-electron chi connectivity index (χ2n) is 6.88. The molecule has 2 aromatic carbocycles. The third-order valence-corrected chi connectivity index (χ3v) is 5.25. The monoisotopic (exact) mass is 389 g/mol. The number of methoxy groups -OCH3 is 1. The minimum Gasteiger partial charge on any atom is -0.497 e. The van der Waals surface area contributed by atoms with Gasteiger partial charge in [-0.05, 0) is 67.4 Å². The zero-order valence-electron chi connectivity index (χ0n) is 15.6. The normalized spacial score (nSPS) is 18.5. The van der Waals surface area contributed by atoms with Crippen molar-refractivity contribution in [3.05, 3.63) is 64.2 Å². The first kappa shape index (κ1) is 19.7. The van der Waals surface area contributed by atoms with Crippen LogP contribution in [-0.2, 0) is 21.7 Å². The van der Waals surface area contributed by atoms with Crippen molar-refractivity contribution in [3.63, 3.8) is 0 Å². The predicted octanol–water partition coefficient (Wildman–Crippen LogP) is 3.92. The van der Waals surface area contributed by atoms with Crippen LogP contribution < -0.4 is 4.74 Å². The van der Waals surface area contributed by atoms with Crippen LogP contribution in [0.3, 0.4) is 0 Å². The fourth-order valence-corrected chi connectivity index (χ4v) is 3.86. The maximum Gasteiger partial charge on any atom is 0.317 e. The summed E-state index contributed by atoms with van der Waals surface area (Å²) in [5.41, 5.74) is 2.68. The second kappa shape index (κ2) is 8.30. The summed E-state index contributed by atoms with van der Waals surface area (Å²) in [6.45, 7) is 1.23. The molecule has 3 rings (SSSR count). The Kier molecular flexibility index (Phi) is 6.05. The minimum absolute atomic E-state index is 0.0266. The van der Waals surface area contributed by atoms with Gasteiger partial charge in [-0.1, -0.05) is 29.8 Å². The number of hydrogen-bond acceptors (Lipinski definition) is 4. The van der Waals surface area contributed by atoms with Crippen molar-refractivity contribution in [1.82, 2.24) is 4.90 Å². The Hall–Kier alpha value is -2.08. The lowest BCUT2D eigenvalue weighted by Gasteiger charge is -2.31. The van der Waals surface area contributed by atoms with Crippen LogP contribution in [0.1, 0.15) is 29.5 Å². The number of carboxylic acids is 1. The molecule has 0 radical (unpaired) electrons. The Bertz CT molecular complexity index is 808. The Morgan fingerprint density at radius 3 is 2.70 bits per heavy atom. The maximum atomic E-state index is 10.9. The van der Waals surface area contributed by atoms with Crippen LogP contribution in [0.4, 0.5) is 0 Å². The molecule has 5 nitrogen and oxygen atoms in total. The van der Waals surface area contributed by atoms with E-state index in [9.17, 15) is 4.79 Å². The van der Waals surface area contributed by atoms with E-state index in [1.54, 1.807) is 12.0 Å². The van der Waals surface area contributed by atoms with Crippen LogP contribution >= 0.6 is 11.6 Å². The summed E-state index contributed by atoms with van der Waals surface area (Å²) in [5, 5.41) is 9.62. The van der Waals surface area contributed by atoms with Crippen molar-refractivity contribution in [1.29, 1.82) is 0 Å². The summed E-state index contributed by atoms with van der Waals surface area (Å²) in [6.07, 6.45) is 1.53. The van der Waals surface area contributed by atoms with Crippen LogP contribution in [0.5, 0.6) is 5.75 Å². The highest BCUT2D eigenvalue weighted by atomic mass is 35.5. The lowest BCUT2D eigenvalue weighted by Crippen LogP contribution is -2.31. The molecule has 0 amide bonds. The van der Waals surface area contributed by atoms with E-state index >= 15 is 0 Å². The molecule has 1 atom stereocenters. The van der Waals surface area contributed by atoms with Gasteiger partial charge in [0, 0.05) is 5.02 Å². The lowest BCUT2D eigenvalue weighted by molar-refractivity contribution is -0.138. The minimum atomic E-state index is -0.823. The second-order valence-corrected chi connectivity index (χ2v) is 7.32.